The number of rotatable bonds is 4. The highest BCUT2D eigenvalue weighted by molar-refractivity contribution is 6.38. The highest BCUT2D eigenvalue weighted by Crippen LogP contribution is 2.24. The number of para-hydroxylation sites is 1. The second kappa shape index (κ2) is 7.48. The van der Waals surface area contributed by atoms with Crippen LogP contribution in [0.15, 0.2) is 41.5 Å². The van der Waals surface area contributed by atoms with E-state index < -0.39 is 0 Å². The van der Waals surface area contributed by atoms with Crippen LogP contribution in [-0.4, -0.2) is 15.5 Å². The predicted octanol–water partition coefficient (Wildman–Crippen LogP) is 4.21. The minimum atomic E-state index is -0.366. The Morgan fingerprint density at radius 2 is 2.04 bits per heavy atom. The first-order chi connectivity index (χ1) is 12.4. The SMILES string of the molecule is CCc1cccc(C)c1NC(=O)Cn1cnc2c(Cl)cc(Cl)cc2c1=O. The number of nitrogens with one attached hydrogen (secondary N) is 1. The number of aryl methyl sites for hydroxylation is 2. The molecule has 1 amide bonds. The molecule has 1 N–H and O–H groups in total. The molecule has 0 aliphatic rings. The van der Waals surface area contributed by atoms with Gasteiger partial charge in [0.25, 0.3) is 5.56 Å². The molecule has 0 aliphatic heterocycles. The van der Waals surface area contributed by atoms with Gasteiger partial charge < -0.3 is 5.32 Å². The summed E-state index contributed by atoms with van der Waals surface area (Å²) in [6.45, 7) is 3.81. The first-order valence-electron chi connectivity index (χ1n) is 8.13. The Balaban J connectivity index is 1.91. The van der Waals surface area contributed by atoms with Gasteiger partial charge >= 0.3 is 0 Å². The summed E-state index contributed by atoms with van der Waals surface area (Å²) in [7, 11) is 0. The standard InChI is InChI=1S/C19H17Cl2N3O2/c1-3-12-6-4-5-11(2)17(12)23-16(25)9-24-10-22-18-14(19(24)26)7-13(20)8-15(18)21/h4-8,10H,3,9H2,1-2H3,(H,23,25). The third kappa shape index (κ3) is 3.59. The highest BCUT2D eigenvalue weighted by atomic mass is 35.5. The zero-order chi connectivity index (χ0) is 18.8. The quantitative estimate of drug-likeness (QED) is 0.726. The predicted molar refractivity (Wildman–Crippen MR) is 105 cm³/mol. The van der Waals surface area contributed by atoms with Crippen LogP contribution in [0.3, 0.4) is 0 Å². The topological polar surface area (TPSA) is 64.0 Å². The van der Waals surface area contributed by atoms with Gasteiger partial charge in [-0.05, 0) is 36.6 Å². The molecule has 7 heteroatoms. The largest absolute Gasteiger partial charge is 0.324 e. The average Bonchev–Trinajstić information content (AvgIpc) is 2.59. The van der Waals surface area contributed by atoms with E-state index in [0.717, 1.165) is 23.2 Å². The average molecular weight is 390 g/mol. The summed E-state index contributed by atoms with van der Waals surface area (Å²) < 4.78 is 1.24. The molecule has 5 nitrogen and oxygen atoms in total. The van der Waals surface area contributed by atoms with Crippen LogP contribution in [-0.2, 0) is 17.8 Å². The molecule has 3 aromatic rings. The number of carbonyl (C=O) groups is 1. The molecule has 0 fully saturated rings. The number of hydrogen-bond acceptors (Lipinski definition) is 3. The lowest BCUT2D eigenvalue weighted by Crippen LogP contribution is -2.28. The van der Waals surface area contributed by atoms with Gasteiger partial charge in [0.05, 0.1) is 22.3 Å². The Morgan fingerprint density at radius 3 is 2.77 bits per heavy atom. The molecule has 0 unspecified atom stereocenters. The van der Waals surface area contributed by atoms with E-state index in [0.29, 0.717) is 15.6 Å². The fourth-order valence-corrected chi connectivity index (χ4v) is 3.39. The lowest BCUT2D eigenvalue weighted by Gasteiger charge is -2.13. The van der Waals surface area contributed by atoms with Crippen molar-refractivity contribution in [2.45, 2.75) is 26.8 Å². The summed E-state index contributed by atoms with van der Waals surface area (Å²) in [5.74, 6) is -0.301. The van der Waals surface area contributed by atoms with E-state index in [-0.39, 0.29) is 23.4 Å². The Labute approximate surface area is 160 Å². The first-order valence-corrected chi connectivity index (χ1v) is 8.88. The zero-order valence-corrected chi connectivity index (χ0v) is 15.9. The van der Waals surface area contributed by atoms with Gasteiger partial charge in [0, 0.05) is 10.7 Å². The van der Waals surface area contributed by atoms with Crippen molar-refractivity contribution in [1.29, 1.82) is 0 Å². The number of benzene rings is 2. The zero-order valence-electron chi connectivity index (χ0n) is 14.3. The number of nitrogens with zero attached hydrogens (tertiary/aromatic N) is 2. The normalized spacial score (nSPS) is 10.9. The monoisotopic (exact) mass is 389 g/mol. The fourth-order valence-electron chi connectivity index (χ4n) is 2.84. The van der Waals surface area contributed by atoms with Crippen LogP contribution in [0.4, 0.5) is 5.69 Å². The Bertz CT molecular complexity index is 1060. The maximum atomic E-state index is 12.6. The third-order valence-corrected chi connectivity index (χ3v) is 4.67. The minimum Gasteiger partial charge on any atom is -0.324 e. The summed E-state index contributed by atoms with van der Waals surface area (Å²) in [4.78, 5) is 29.3. The van der Waals surface area contributed by atoms with E-state index in [1.807, 2.05) is 32.0 Å². The van der Waals surface area contributed by atoms with Crippen molar-refractivity contribution in [1.82, 2.24) is 9.55 Å². The molecule has 2 aromatic carbocycles. The number of amides is 1. The fraction of sp³-hybridized carbons (Fsp3) is 0.211. The van der Waals surface area contributed by atoms with Crippen molar-refractivity contribution in [2.24, 2.45) is 0 Å². The second-order valence-corrected chi connectivity index (χ2v) is 6.82. The van der Waals surface area contributed by atoms with Gasteiger partial charge in [-0.25, -0.2) is 4.98 Å². The van der Waals surface area contributed by atoms with Crippen LogP contribution in [0, 0.1) is 6.92 Å². The van der Waals surface area contributed by atoms with Crippen LogP contribution in [0.5, 0.6) is 0 Å². The van der Waals surface area contributed by atoms with Crippen LogP contribution >= 0.6 is 23.2 Å². The smallest absolute Gasteiger partial charge is 0.261 e. The van der Waals surface area contributed by atoms with Gasteiger partial charge in [-0.3, -0.25) is 14.2 Å². The van der Waals surface area contributed by atoms with Crippen molar-refractivity contribution in [2.75, 3.05) is 5.32 Å². The van der Waals surface area contributed by atoms with Crippen LogP contribution in [0.25, 0.3) is 10.9 Å². The molecule has 1 heterocycles. The number of fused-ring (bicyclic) bond motifs is 1. The van der Waals surface area contributed by atoms with Gasteiger partial charge in [-0.2, -0.15) is 0 Å². The molecule has 0 atom stereocenters. The molecule has 0 radical (unpaired) electrons. The van der Waals surface area contributed by atoms with Crippen molar-refractivity contribution in [3.05, 3.63) is 68.2 Å². The second-order valence-electron chi connectivity index (χ2n) is 5.97. The lowest BCUT2D eigenvalue weighted by atomic mass is 10.1. The molecule has 0 bridgehead atoms. The molecule has 3 rings (SSSR count). The molecule has 0 saturated heterocycles. The molecular formula is C19H17Cl2N3O2. The van der Waals surface area contributed by atoms with Crippen molar-refractivity contribution >= 4 is 45.7 Å². The lowest BCUT2D eigenvalue weighted by molar-refractivity contribution is -0.116. The maximum absolute atomic E-state index is 12.6. The minimum absolute atomic E-state index is 0.149. The van der Waals surface area contributed by atoms with E-state index in [9.17, 15) is 9.59 Å². The Hall–Kier alpha value is -2.37. The van der Waals surface area contributed by atoms with Crippen LogP contribution in [0.2, 0.25) is 10.0 Å². The summed E-state index contributed by atoms with van der Waals surface area (Å²) >= 11 is 12.0. The van der Waals surface area contributed by atoms with E-state index in [2.05, 4.69) is 10.3 Å². The molecule has 1 aromatic heterocycles. The summed E-state index contributed by atoms with van der Waals surface area (Å²) in [5.41, 5.74) is 2.80. The van der Waals surface area contributed by atoms with Gasteiger partial charge in [0.1, 0.15) is 6.54 Å². The van der Waals surface area contributed by atoms with E-state index in [1.54, 1.807) is 0 Å². The first kappa shape index (κ1) is 18.4. The van der Waals surface area contributed by atoms with Gasteiger partial charge in [0.2, 0.25) is 5.91 Å². The van der Waals surface area contributed by atoms with Crippen LogP contribution in [0.1, 0.15) is 18.1 Å². The molecule has 0 spiro atoms. The number of carbonyl (C=O) groups excluding carboxylic acids is 1. The summed E-state index contributed by atoms with van der Waals surface area (Å²) in [6.07, 6.45) is 2.12. The summed E-state index contributed by atoms with van der Waals surface area (Å²) in [5, 5.41) is 3.82. The van der Waals surface area contributed by atoms with Crippen molar-refractivity contribution in [3.63, 3.8) is 0 Å². The van der Waals surface area contributed by atoms with Crippen LogP contribution < -0.4 is 10.9 Å². The maximum Gasteiger partial charge on any atom is 0.261 e. The number of anilines is 1. The molecule has 0 aliphatic carbocycles. The number of halogens is 2. The van der Waals surface area contributed by atoms with E-state index >= 15 is 0 Å². The van der Waals surface area contributed by atoms with Gasteiger partial charge in [0.15, 0.2) is 0 Å². The number of aromatic nitrogens is 2. The molecular weight excluding hydrogens is 373 g/mol. The summed E-state index contributed by atoms with van der Waals surface area (Å²) in [6, 6.07) is 8.89. The number of hydrogen-bond donors (Lipinski definition) is 1. The van der Waals surface area contributed by atoms with Crippen molar-refractivity contribution in [3.8, 4) is 0 Å². The van der Waals surface area contributed by atoms with E-state index in [4.69, 9.17) is 23.2 Å². The van der Waals surface area contributed by atoms with Crippen molar-refractivity contribution < 1.29 is 4.79 Å². The highest BCUT2D eigenvalue weighted by Gasteiger charge is 2.13. The Morgan fingerprint density at radius 1 is 1.27 bits per heavy atom. The third-order valence-electron chi connectivity index (χ3n) is 4.16. The van der Waals surface area contributed by atoms with Gasteiger partial charge in [-0.15, -0.1) is 0 Å². The Kier molecular flexibility index (Phi) is 5.30. The van der Waals surface area contributed by atoms with E-state index in [1.165, 1.54) is 23.0 Å². The molecule has 134 valence electrons. The molecule has 26 heavy (non-hydrogen) atoms. The molecule has 0 saturated carbocycles. The van der Waals surface area contributed by atoms with Gasteiger partial charge in [-0.1, -0.05) is 48.3 Å².